The normalized spacial score (nSPS) is 14.5. The molecule has 4 rings (SSSR count). The van der Waals surface area contributed by atoms with Crippen LogP contribution in [0.15, 0.2) is 46.0 Å². The van der Waals surface area contributed by atoms with Gasteiger partial charge in [0.1, 0.15) is 5.75 Å². The molecular formula is C26H32N2O6. The highest BCUT2D eigenvalue weighted by Gasteiger charge is 2.23. The molecular weight excluding hydrogens is 436 g/mol. The molecule has 8 nitrogen and oxygen atoms in total. The molecule has 0 amide bonds. The van der Waals surface area contributed by atoms with Crippen LogP contribution in [-0.2, 0) is 11.3 Å². The molecule has 2 aromatic carbocycles. The van der Waals surface area contributed by atoms with Crippen molar-refractivity contribution in [1.29, 1.82) is 0 Å². The predicted molar refractivity (Wildman–Crippen MR) is 131 cm³/mol. The number of ether oxygens (including phenoxy) is 4. The minimum atomic E-state index is -0.340. The Hall–Kier alpha value is -3.26. The monoisotopic (exact) mass is 468 g/mol. The van der Waals surface area contributed by atoms with Gasteiger partial charge in [0, 0.05) is 19.3 Å². The van der Waals surface area contributed by atoms with E-state index in [2.05, 4.69) is 13.8 Å². The molecule has 2 heterocycles. The van der Waals surface area contributed by atoms with E-state index in [0.717, 1.165) is 18.4 Å². The molecule has 0 unspecified atom stereocenters. The molecule has 1 saturated heterocycles. The standard InChI is InChI=1S/C26H32N2O6/c1-17(2)16-34-20-6-7-22-21(14-20)25(29)27(26(30)28(22)19-9-11-33-12-10-19)15-18-5-8-23(31-3)24(13-18)32-4/h5-8,13-14,17,19H,9-12,15-16H2,1-4H3. The van der Waals surface area contributed by atoms with Gasteiger partial charge in [0.15, 0.2) is 11.5 Å². The number of benzene rings is 2. The molecule has 0 aliphatic carbocycles. The lowest BCUT2D eigenvalue weighted by atomic mass is 10.1. The Labute approximate surface area is 198 Å². The van der Waals surface area contributed by atoms with E-state index < -0.39 is 0 Å². The van der Waals surface area contributed by atoms with Gasteiger partial charge in [-0.2, -0.15) is 0 Å². The summed E-state index contributed by atoms with van der Waals surface area (Å²) in [6.07, 6.45) is 1.43. The molecule has 0 spiro atoms. The van der Waals surface area contributed by atoms with Crippen molar-refractivity contribution in [1.82, 2.24) is 9.13 Å². The van der Waals surface area contributed by atoms with Crippen molar-refractivity contribution in [2.24, 2.45) is 5.92 Å². The number of methoxy groups -OCH3 is 2. The second kappa shape index (κ2) is 10.3. The van der Waals surface area contributed by atoms with E-state index >= 15 is 0 Å². The average Bonchev–Trinajstić information content (AvgIpc) is 2.86. The third-order valence-electron chi connectivity index (χ3n) is 6.07. The number of aromatic nitrogens is 2. The average molecular weight is 469 g/mol. The van der Waals surface area contributed by atoms with Crippen LogP contribution in [0.4, 0.5) is 0 Å². The van der Waals surface area contributed by atoms with Crippen LogP contribution in [0.3, 0.4) is 0 Å². The first kappa shape index (κ1) is 23.9. The highest BCUT2D eigenvalue weighted by Crippen LogP contribution is 2.28. The summed E-state index contributed by atoms with van der Waals surface area (Å²) < 4.78 is 25.2. The lowest BCUT2D eigenvalue weighted by Gasteiger charge is -2.26. The first-order valence-electron chi connectivity index (χ1n) is 11.6. The summed E-state index contributed by atoms with van der Waals surface area (Å²) in [7, 11) is 3.12. The molecule has 0 N–H and O–H groups in total. The van der Waals surface area contributed by atoms with E-state index in [-0.39, 0.29) is 23.8 Å². The lowest BCUT2D eigenvalue weighted by molar-refractivity contribution is 0.0691. The van der Waals surface area contributed by atoms with Gasteiger partial charge in [-0.15, -0.1) is 0 Å². The first-order chi connectivity index (χ1) is 16.4. The fourth-order valence-electron chi connectivity index (χ4n) is 4.31. The maximum Gasteiger partial charge on any atom is 0.332 e. The fourth-order valence-corrected chi connectivity index (χ4v) is 4.31. The highest BCUT2D eigenvalue weighted by molar-refractivity contribution is 5.80. The molecule has 0 saturated carbocycles. The van der Waals surface area contributed by atoms with Crippen molar-refractivity contribution in [3.63, 3.8) is 0 Å². The Morgan fingerprint density at radius 1 is 1.00 bits per heavy atom. The number of rotatable bonds is 8. The minimum absolute atomic E-state index is 0.0385. The van der Waals surface area contributed by atoms with E-state index in [9.17, 15) is 9.59 Å². The Morgan fingerprint density at radius 3 is 2.41 bits per heavy atom. The molecule has 1 aliphatic rings. The predicted octanol–water partition coefficient (Wildman–Crippen LogP) is 3.62. The summed E-state index contributed by atoms with van der Waals surface area (Å²) in [5.41, 5.74) is 0.729. The second-order valence-electron chi connectivity index (χ2n) is 8.96. The van der Waals surface area contributed by atoms with Gasteiger partial charge in [-0.1, -0.05) is 19.9 Å². The summed E-state index contributed by atoms with van der Waals surface area (Å²) in [5, 5.41) is 0.466. The Morgan fingerprint density at radius 2 is 1.74 bits per heavy atom. The van der Waals surface area contributed by atoms with Crippen LogP contribution in [0.2, 0.25) is 0 Å². The van der Waals surface area contributed by atoms with Gasteiger partial charge in [-0.3, -0.25) is 13.9 Å². The number of fused-ring (bicyclic) bond motifs is 1. The van der Waals surface area contributed by atoms with Gasteiger partial charge in [-0.05, 0) is 54.7 Å². The Bertz CT molecular complexity index is 1270. The van der Waals surface area contributed by atoms with Crippen molar-refractivity contribution in [3.8, 4) is 17.2 Å². The quantitative estimate of drug-likeness (QED) is 0.502. The van der Waals surface area contributed by atoms with Crippen LogP contribution < -0.4 is 25.5 Å². The molecule has 1 aromatic heterocycles. The zero-order valence-electron chi connectivity index (χ0n) is 20.2. The molecule has 0 radical (unpaired) electrons. The van der Waals surface area contributed by atoms with E-state index in [1.807, 2.05) is 18.2 Å². The zero-order chi connectivity index (χ0) is 24.2. The maximum absolute atomic E-state index is 13.7. The fraction of sp³-hybridized carbons (Fsp3) is 0.462. The van der Waals surface area contributed by atoms with Crippen molar-refractivity contribution in [3.05, 3.63) is 62.8 Å². The SMILES string of the molecule is COc1ccc(Cn2c(=O)c3cc(OCC(C)C)ccc3n(C3CCOCC3)c2=O)cc1OC. The van der Waals surface area contributed by atoms with Crippen molar-refractivity contribution in [2.45, 2.75) is 39.3 Å². The molecule has 3 aromatic rings. The van der Waals surface area contributed by atoms with Crippen LogP contribution in [0.25, 0.3) is 10.9 Å². The molecule has 0 bridgehead atoms. The van der Waals surface area contributed by atoms with Crippen molar-refractivity contribution in [2.75, 3.05) is 34.0 Å². The summed E-state index contributed by atoms with van der Waals surface area (Å²) in [6.45, 7) is 5.98. The van der Waals surface area contributed by atoms with E-state index in [1.165, 1.54) is 4.57 Å². The number of nitrogens with zero attached hydrogens (tertiary/aromatic N) is 2. The maximum atomic E-state index is 13.7. The number of hydrogen-bond acceptors (Lipinski definition) is 6. The third kappa shape index (κ3) is 4.82. The summed E-state index contributed by atoms with van der Waals surface area (Å²) >= 11 is 0. The minimum Gasteiger partial charge on any atom is -0.493 e. The molecule has 182 valence electrons. The number of hydrogen-bond donors (Lipinski definition) is 0. The second-order valence-corrected chi connectivity index (χ2v) is 8.96. The largest absolute Gasteiger partial charge is 0.493 e. The van der Waals surface area contributed by atoms with Gasteiger partial charge >= 0.3 is 5.69 Å². The van der Waals surface area contributed by atoms with Crippen LogP contribution >= 0.6 is 0 Å². The summed E-state index contributed by atoms with van der Waals surface area (Å²) in [6, 6.07) is 10.8. The van der Waals surface area contributed by atoms with Crippen LogP contribution in [0.1, 0.15) is 38.3 Å². The third-order valence-corrected chi connectivity index (χ3v) is 6.07. The Kier molecular flexibility index (Phi) is 7.26. The zero-order valence-corrected chi connectivity index (χ0v) is 20.2. The molecule has 1 aliphatic heterocycles. The topological polar surface area (TPSA) is 80.9 Å². The van der Waals surface area contributed by atoms with Crippen molar-refractivity contribution < 1.29 is 18.9 Å². The summed E-state index contributed by atoms with van der Waals surface area (Å²) in [4.78, 5) is 27.3. The van der Waals surface area contributed by atoms with Crippen molar-refractivity contribution >= 4 is 10.9 Å². The van der Waals surface area contributed by atoms with Gasteiger partial charge in [0.05, 0.1) is 38.3 Å². The van der Waals surface area contributed by atoms with Gasteiger partial charge in [-0.25, -0.2) is 4.79 Å². The van der Waals surface area contributed by atoms with Crippen LogP contribution in [-0.4, -0.2) is 43.2 Å². The van der Waals surface area contributed by atoms with E-state index in [0.29, 0.717) is 53.9 Å². The van der Waals surface area contributed by atoms with Gasteiger partial charge < -0.3 is 18.9 Å². The lowest BCUT2D eigenvalue weighted by Crippen LogP contribution is -2.42. The highest BCUT2D eigenvalue weighted by atomic mass is 16.5. The van der Waals surface area contributed by atoms with E-state index in [4.69, 9.17) is 18.9 Å². The molecule has 8 heteroatoms. The van der Waals surface area contributed by atoms with Crippen LogP contribution in [0.5, 0.6) is 17.2 Å². The van der Waals surface area contributed by atoms with Gasteiger partial charge in [0.2, 0.25) is 0 Å². The first-order valence-corrected chi connectivity index (χ1v) is 11.6. The van der Waals surface area contributed by atoms with Crippen LogP contribution in [0, 0.1) is 5.92 Å². The Balaban J connectivity index is 1.86. The molecule has 0 atom stereocenters. The van der Waals surface area contributed by atoms with E-state index in [1.54, 1.807) is 37.0 Å². The van der Waals surface area contributed by atoms with Gasteiger partial charge in [0.25, 0.3) is 5.56 Å². The molecule has 1 fully saturated rings. The molecule has 34 heavy (non-hydrogen) atoms. The summed E-state index contributed by atoms with van der Waals surface area (Å²) in [5.74, 6) is 2.10. The smallest absolute Gasteiger partial charge is 0.332 e.